The van der Waals surface area contributed by atoms with Gasteiger partial charge < -0.3 is 10.3 Å². The molecule has 0 saturated heterocycles. The maximum atomic E-state index is 13.8. The topological polar surface area (TPSA) is 44.9 Å². The van der Waals surface area contributed by atoms with E-state index in [4.69, 9.17) is 11.6 Å². The van der Waals surface area contributed by atoms with Crippen molar-refractivity contribution in [1.29, 1.82) is 0 Å². The lowest BCUT2D eigenvalue weighted by Crippen LogP contribution is -2.35. The van der Waals surface area contributed by atoms with Crippen LogP contribution in [0.4, 0.5) is 14.5 Å². The Hall–Kier alpha value is -2.40. The maximum Gasteiger partial charge on any atom is 0.234 e. The van der Waals surface area contributed by atoms with Crippen LogP contribution in [0.5, 0.6) is 0 Å². The normalized spacial score (nSPS) is 11.7. The van der Waals surface area contributed by atoms with Gasteiger partial charge in [0.25, 0.3) is 0 Å². The molecular formula is C18H15ClF2N2O. The molecule has 124 valence electrons. The molecule has 1 aromatic heterocycles. The molecule has 0 spiro atoms. The number of anilines is 1. The van der Waals surface area contributed by atoms with Crippen molar-refractivity contribution in [1.82, 2.24) is 4.98 Å². The zero-order chi connectivity index (χ0) is 17.5. The molecule has 2 aromatic carbocycles. The summed E-state index contributed by atoms with van der Waals surface area (Å²) >= 11 is 6.03. The van der Waals surface area contributed by atoms with Gasteiger partial charge in [-0.15, -0.1) is 0 Å². The lowest BCUT2D eigenvalue weighted by atomic mass is 9.83. The van der Waals surface area contributed by atoms with Gasteiger partial charge in [-0.1, -0.05) is 17.7 Å². The number of benzene rings is 2. The molecule has 0 radical (unpaired) electrons. The average Bonchev–Trinajstić information content (AvgIpc) is 2.94. The molecule has 1 heterocycles. The van der Waals surface area contributed by atoms with E-state index in [1.54, 1.807) is 32.2 Å². The average molecular weight is 349 g/mol. The Kier molecular flexibility index (Phi) is 4.05. The van der Waals surface area contributed by atoms with Crippen molar-refractivity contribution in [2.45, 2.75) is 19.3 Å². The number of aromatic amines is 1. The van der Waals surface area contributed by atoms with Crippen LogP contribution in [0, 0.1) is 11.6 Å². The number of fused-ring (bicyclic) bond motifs is 1. The SMILES string of the molecule is CC(C)(C(=O)Nc1c(F)cccc1F)c1c[nH]c2ccc(Cl)cc12. The minimum absolute atomic E-state index is 0.451. The summed E-state index contributed by atoms with van der Waals surface area (Å²) in [6.45, 7) is 3.37. The lowest BCUT2D eigenvalue weighted by Gasteiger charge is -2.23. The first-order chi connectivity index (χ1) is 11.3. The smallest absolute Gasteiger partial charge is 0.234 e. The molecule has 0 fully saturated rings. The van der Waals surface area contributed by atoms with Crippen LogP contribution >= 0.6 is 11.6 Å². The van der Waals surface area contributed by atoms with Gasteiger partial charge in [0.1, 0.15) is 17.3 Å². The van der Waals surface area contributed by atoms with Gasteiger partial charge in [0.2, 0.25) is 5.91 Å². The van der Waals surface area contributed by atoms with Gasteiger partial charge in [0.15, 0.2) is 0 Å². The van der Waals surface area contributed by atoms with Crippen molar-refractivity contribution in [3.05, 3.63) is 64.8 Å². The van der Waals surface area contributed by atoms with Gasteiger partial charge in [-0.05, 0) is 49.7 Å². The van der Waals surface area contributed by atoms with Crippen LogP contribution in [0.1, 0.15) is 19.4 Å². The number of para-hydroxylation sites is 1. The van der Waals surface area contributed by atoms with Crippen molar-refractivity contribution in [3.63, 3.8) is 0 Å². The number of hydrogen-bond donors (Lipinski definition) is 2. The quantitative estimate of drug-likeness (QED) is 0.686. The Labute approximate surface area is 142 Å². The molecule has 3 aromatic rings. The fourth-order valence-corrected chi connectivity index (χ4v) is 2.79. The first-order valence-corrected chi connectivity index (χ1v) is 7.71. The standard InChI is InChI=1S/C18H15ClF2N2O/c1-18(2,12-9-22-15-7-6-10(19)8-11(12)15)17(24)23-16-13(20)4-3-5-14(16)21/h3-9,22H,1-2H3,(H,23,24). The van der Waals surface area contributed by atoms with Crippen molar-refractivity contribution >= 4 is 34.1 Å². The number of H-pyrrole nitrogens is 1. The van der Waals surface area contributed by atoms with Crippen LogP contribution in [-0.2, 0) is 10.2 Å². The minimum atomic E-state index is -1.03. The van der Waals surface area contributed by atoms with E-state index in [2.05, 4.69) is 10.3 Å². The monoisotopic (exact) mass is 348 g/mol. The van der Waals surface area contributed by atoms with Crippen LogP contribution in [0.15, 0.2) is 42.6 Å². The van der Waals surface area contributed by atoms with Gasteiger partial charge in [-0.25, -0.2) is 8.78 Å². The first-order valence-electron chi connectivity index (χ1n) is 7.33. The van der Waals surface area contributed by atoms with E-state index in [9.17, 15) is 13.6 Å². The summed E-state index contributed by atoms with van der Waals surface area (Å²) in [7, 11) is 0. The lowest BCUT2D eigenvalue weighted by molar-refractivity contribution is -0.120. The number of carbonyl (C=O) groups is 1. The van der Waals surface area contributed by atoms with Gasteiger partial charge in [-0.2, -0.15) is 0 Å². The molecule has 0 unspecified atom stereocenters. The largest absolute Gasteiger partial charge is 0.361 e. The second-order valence-corrected chi connectivity index (χ2v) is 6.50. The Bertz CT molecular complexity index is 914. The number of halogens is 3. The number of nitrogens with one attached hydrogen (secondary N) is 2. The van der Waals surface area contributed by atoms with Gasteiger partial charge in [0.05, 0.1) is 5.41 Å². The highest BCUT2D eigenvalue weighted by molar-refractivity contribution is 6.31. The fourth-order valence-electron chi connectivity index (χ4n) is 2.62. The second-order valence-electron chi connectivity index (χ2n) is 6.07. The Morgan fingerprint density at radius 3 is 2.50 bits per heavy atom. The molecule has 1 amide bonds. The van der Waals surface area contributed by atoms with E-state index in [-0.39, 0.29) is 0 Å². The van der Waals surface area contributed by atoms with Crippen molar-refractivity contribution in [2.75, 3.05) is 5.32 Å². The van der Waals surface area contributed by atoms with Crippen LogP contribution < -0.4 is 5.32 Å². The molecule has 0 aliphatic carbocycles. The van der Waals surface area contributed by atoms with E-state index < -0.39 is 28.6 Å². The molecule has 6 heteroatoms. The highest BCUT2D eigenvalue weighted by atomic mass is 35.5. The fraction of sp³-hybridized carbons (Fsp3) is 0.167. The Morgan fingerprint density at radius 1 is 1.17 bits per heavy atom. The van der Waals surface area contributed by atoms with Crippen molar-refractivity contribution in [3.8, 4) is 0 Å². The number of rotatable bonds is 3. The minimum Gasteiger partial charge on any atom is -0.361 e. The first kappa shape index (κ1) is 16.5. The summed E-state index contributed by atoms with van der Waals surface area (Å²) in [5.74, 6) is -2.16. The molecule has 0 atom stereocenters. The number of amides is 1. The number of hydrogen-bond acceptors (Lipinski definition) is 1. The third-order valence-electron chi connectivity index (χ3n) is 4.09. The van der Waals surface area contributed by atoms with Crippen LogP contribution in [-0.4, -0.2) is 10.9 Å². The van der Waals surface area contributed by atoms with Crippen LogP contribution in [0.2, 0.25) is 5.02 Å². The van der Waals surface area contributed by atoms with Gasteiger partial charge >= 0.3 is 0 Å². The molecular weight excluding hydrogens is 334 g/mol. The van der Waals surface area contributed by atoms with Gasteiger partial charge in [0, 0.05) is 22.1 Å². The van der Waals surface area contributed by atoms with E-state index in [1.807, 2.05) is 6.07 Å². The summed E-state index contributed by atoms with van der Waals surface area (Å²) in [5, 5.41) is 3.68. The molecule has 0 aliphatic heterocycles. The maximum absolute atomic E-state index is 13.8. The zero-order valence-corrected chi connectivity index (χ0v) is 13.8. The molecule has 2 N–H and O–H groups in total. The molecule has 0 bridgehead atoms. The molecule has 0 saturated carbocycles. The summed E-state index contributed by atoms with van der Waals surface area (Å²) in [4.78, 5) is 15.8. The second kappa shape index (κ2) is 5.91. The molecule has 3 nitrogen and oxygen atoms in total. The molecule has 3 rings (SSSR count). The Morgan fingerprint density at radius 2 is 1.83 bits per heavy atom. The van der Waals surface area contributed by atoms with E-state index in [0.717, 1.165) is 23.0 Å². The van der Waals surface area contributed by atoms with E-state index in [0.29, 0.717) is 10.6 Å². The number of carbonyl (C=O) groups excluding carboxylic acids is 1. The van der Waals surface area contributed by atoms with Crippen molar-refractivity contribution in [2.24, 2.45) is 0 Å². The highest BCUT2D eigenvalue weighted by Crippen LogP contribution is 2.33. The zero-order valence-electron chi connectivity index (χ0n) is 13.1. The van der Waals surface area contributed by atoms with Crippen LogP contribution in [0.3, 0.4) is 0 Å². The molecule has 24 heavy (non-hydrogen) atoms. The number of aromatic nitrogens is 1. The molecule has 0 aliphatic rings. The predicted molar refractivity (Wildman–Crippen MR) is 91.3 cm³/mol. The van der Waals surface area contributed by atoms with E-state index >= 15 is 0 Å². The Balaban J connectivity index is 2.00. The summed E-state index contributed by atoms with van der Waals surface area (Å²) in [6, 6.07) is 8.74. The summed E-state index contributed by atoms with van der Waals surface area (Å²) in [6.07, 6.45) is 1.71. The summed E-state index contributed by atoms with van der Waals surface area (Å²) in [5.41, 5.74) is 0.0347. The van der Waals surface area contributed by atoms with Crippen molar-refractivity contribution < 1.29 is 13.6 Å². The third-order valence-corrected chi connectivity index (χ3v) is 4.32. The van der Waals surface area contributed by atoms with Gasteiger partial charge in [-0.3, -0.25) is 4.79 Å². The van der Waals surface area contributed by atoms with E-state index in [1.165, 1.54) is 6.07 Å². The predicted octanol–water partition coefficient (Wildman–Crippen LogP) is 5.02. The third kappa shape index (κ3) is 2.76. The summed E-state index contributed by atoms with van der Waals surface area (Å²) < 4.78 is 27.5. The van der Waals surface area contributed by atoms with Crippen LogP contribution in [0.25, 0.3) is 10.9 Å². The highest BCUT2D eigenvalue weighted by Gasteiger charge is 2.33.